The van der Waals surface area contributed by atoms with E-state index < -0.39 is 0 Å². The van der Waals surface area contributed by atoms with E-state index in [4.69, 9.17) is 0 Å². The number of hydrogen-bond acceptors (Lipinski definition) is 1. The van der Waals surface area contributed by atoms with Crippen molar-refractivity contribution in [3.63, 3.8) is 0 Å². The SMILES string of the molecule is Cn1cccc1CNC(=O)c1cccc(I)c1. The summed E-state index contributed by atoms with van der Waals surface area (Å²) < 4.78 is 3.06. The number of rotatable bonds is 3. The summed E-state index contributed by atoms with van der Waals surface area (Å²) in [6.45, 7) is 0.549. The van der Waals surface area contributed by atoms with Gasteiger partial charge < -0.3 is 9.88 Å². The molecule has 0 aliphatic rings. The molecule has 1 heterocycles. The molecule has 0 radical (unpaired) electrons. The first-order valence-electron chi connectivity index (χ1n) is 5.31. The number of nitrogens with one attached hydrogen (secondary N) is 1. The van der Waals surface area contributed by atoms with Crippen molar-refractivity contribution >= 4 is 28.5 Å². The van der Waals surface area contributed by atoms with E-state index in [1.807, 2.05) is 54.2 Å². The molecule has 0 aliphatic heterocycles. The van der Waals surface area contributed by atoms with E-state index in [0.717, 1.165) is 9.26 Å². The lowest BCUT2D eigenvalue weighted by molar-refractivity contribution is 0.0950. The Morgan fingerprint density at radius 2 is 2.18 bits per heavy atom. The van der Waals surface area contributed by atoms with Crippen LogP contribution in [0.1, 0.15) is 16.1 Å². The van der Waals surface area contributed by atoms with Gasteiger partial charge in [0, 0.05) is 28.1 Å². The fourth-order valence-corrected chi connectivity index (χ4v) is 2.13. The summed E-state index contributed by atoms with van der Waals surface area (Å²) in [6.07, 6.45) is 1.97. The van der Waals surface area contributed by atoms with E-state index in [2.05, 4.69) is 27.9 Å². The van der Waals surface area contributed by atoms with Crippen LogP contribution in [0.4, 0.5) is 0 Å². The number of halogens is 1. The molecule has 2 aromatic rings. The van der Waals surface area contributed by atoms with Crippen LogP contribution < -0.4 is 5.32 Å². The van der Waals surface area contributed by atoms with Gasteiger partial charge in [-0.15, -0.1) is 0 Å². The first kappa shape index (κ1) is 12.2. The van der Waals surface area contributed by atoms with Crippen molar-refractivity contribution in [1.29, 1.82) is 0 Å². The third kappa shape index (κ3) is 3.09. The van der Waals surface area contributed by atoms with Gasteiger partial charge in [-0.1, -0.05) is 6.07 Å². The Labute approximate surface area is 114 Å². The summed E-state index contributed by atoms with van der Waals surface area (Å²) >= 11 is 2.20. The van der Waals surface area contributed by atoms with Crippen LogP contribution in [0.25, 0.3) is 0 Å². The topological polar surface area (TPSA) is 34.0 Å². The van der Waals surface area contributed by atoms with Gasteiger partial charge in [-0.25, -0.2) is 0 Å². The van der Waals surface area contributed by atoms with Gasteiger partial charge in [0.2, 0.25) is 0 Å². The van der Waals surface area contributed by atoms with Crippen molar-refractivity contribution in [3.05, 3.63) is 57.4 Å². The molecule has 0 unspecified atom stereocenters. The minimum atomic E-state index is -0.0373. The second-order valence-corrected chi connectivity index (χ2v) is 5.05. The average Bonchev–Trinajstić information content (AvgIpc) is 2.72. The van der Waals surface area contributed by atoms with Crippen molar-refractivity contribution in [2.45, 2.75) is 6.54 Å². The van der Waals surface area contributed by atoms with Crippen LogP contribution in [0, 0.1) is 3.57 Å². The standard InChI is InChI=1S/C13H13IN2O/c1-16-7-3-6-12(16)9-15-13(17)10-4-2-5-11(14)8-10/h2-8H,9H2,1H3,(H,15,17). The molecule has 1 amide bonds. The smallest absolute Gasteiger partial charge is 0.251 e. The molecule has 1 aromatic heterocycles. The monoisotopic (exact) mass is 340 g/mol. The molecule has 0 spiro atoms. The third-order valence-electron chi connectivity index (χ3n) is 2.57. The summed E-state index contributed by atoms with van der Waals surface area (Å²) in [5, 5.41) is 2.91. The molecule has 0 aliphatic carbocycles. The molecule has 0 bridgehead atoms. The molecule has 0 atom stereocenters. The molecule has 2 rings (SSSR count). The van der Waals surface area contributed by atoms with E-state index in [1.165, 1.54) is 0 Å². The van der Waals surface area contributed by atoms with Crippen molar-refractivity contribution in [2.75, 3.05) is 0 Å². The first-order valence-corrected chi connectivity index (χ1v) is 6.38. The first-order chi connectivity index (χ1) is 8.16. The van der Waals surface area contributed by atoms with Crippen molar-refractivity contribution in [2.24, 2.45) is 7.05 Å². The van der Waals surface area contributed by atoms with E-state index in [1.54, 1.807) is 0 Å². The highest BCUT2D eigenvalue weighted by atomic mass is 127. The Balaban J connectivity index is 2.01. The summed E-state index contributed by atoms with van der Waals surface area (Å²) in [5.74, 6) is -0.0373. The van der Waals surface area contributed by atoms with Crippen LogP contribution in [0.15, 0.2) is 42.6 Å². The molecule has 0 saturated carbocycles. The molecule has 0 fully saturated rings. The Morgan fingerprint density at radius 1 is 1.35 bits per heavy atom. The van der Waals surface area contributed by atoms with Gasteiger partial charge in [-0.05, 0) is 52.9 Å². The molecule has 3 nitrogen and oxygen atoms in total. The van der Waals surface area contributed by atoms with Gasteiger partial charge in [-0.2, -0.15) is 0 Å². The number of carbonyl (C=O) groups is 1. The second-order valence-electron chi connectivity index (χ2n) is 3.80. The van der Waals surface area contributed by atoms with E-state index >= 15 is 0 Å². The highest BCUT2D eigenvalue weighted by molar-refractivity contribution is 14.1. The molecule has 1 aromatic carbocycles. The zero-order valence-corrected chi connectivity index (χ0v) is 11.6. The molecule has 4 heteroatoms. The highest BCUT2D eigenvalue weighted by Gasteiger charge is 2.06. The van der Waals surface area contributed by atoms with Crippen LogP contribution in [0.5, 0.6) is 0 Å². The lowest BCUT2D eigenvalue weighted by atomic mass is 10.2. The van der Waals surface area contributed by atoms with Crippen LogP contribution in [0.2, 0.25) is 0 Å². The van der Waals surface area contributed by atoms with E-state index in [9.17, 15) is 4.79 Å². The van der Waals surface area contributed by atoms with Gasteiger partial charge in [0.05, 0.1) is 6.54 Å². The molecule has 17 heavy (non-hydrogen) atoms. The Bertz CT molecular complexity index is 534. The maximum absolute atomic E-state index is 11.9. The minimum absolute atomic E-state index is 0.0373. The fourth-order valence-electron chi connectivity index (χ4n) is 1.58. The van der Waals surface area contributed by atoms with Gasteiger partial charge in [0.15, 0.2) is 0 Å². The minimum Gasteiger partial charge on any atom is -0.353 e. The quantitative estimate of drug-likeness (QED) is 0.857. The Morgan fingerprint density at radius 3 is 2.82 bits per heavy atom. The van der Waals surface area contributed by atoms with Gasteiger partial charge in [0.1, 0.15) is 0 Å². The normalized spacial score (nSPS) is 10.2. The number of carbonyl (C=O) groups excluding carboxylic acids is 1. The molecular formula is C13H13IN2O. The van der Waals surface area contributed by atoms with E-state index in [0.29, 0.717) is 12.1 Å². The number of hydrogen-bond donors (Lipinski definition) is 1. The van der Waals surface area contributed by atoms with Crippen LogP contribution in [-0.4, -0.2) is 10.5 Å². The highest BCUT2D eigenvalue weighted by Crippen LogP contribution is 2.08. The van der Waals surface area contributed by atoms with Gasteiger partial charge in [-0.3, -0.25) is 4.79 Å². The Hall–Kier alpha value is -1.30. The molecule has 1 N–H and O–H groups in total. The van der Waals surface area contributed by atoms with Crippen LogP contribution in [0.3, 0.4) is 0 Å². The van der Waals surface area contributed by atoms with Crippen molar-refractivity contribution < 1.29 is 4.79 Å². The summed E-state index contributed by atoms with van der Waals surface area (Å²) in [6, 6.07) is 11.5. The number of aryl methyl sites for hydroxylation is 1. The average molecular weight is 340 g/mol. The zero-order chi connectivity index (χ0) is 12.3. The number of benzene rings is 1. The van der Waals surface area contributed by atoms with E-state index in [-0.39, 0.29) is 5.91 Å². The summed E-state index contributed by atoms with van der Waals surface area (Å²) in [7, 11) is 1.97. The van der Waals surface area contributed by atoms with Crippen LogP contribution in [-0.2, 0) is 13.6 Å². The van der Waals surface area contributed by atoms with Crippen molar-refractivity contribution in [3.8, 4) is 0 Å². The van der Waals surface area contributed by atoms with Crippen molar-refractivity contribution in [1.82, 2.24) is 9.88 Å². The van der Waals surface area contributed by atoms with Crippen LogP contribution >= 0.6 is 22.6 Å². The number of nitrogens with zero attached hydrogens (tertiary/aromatic N) is 1. The summed E-state index contributed by atoms with van der Waals surface area (Å²) in [4.78, 5) is 11.9. The largest absolute Gasteiger partial charge is 0.353 e. The van der Waals surface area contributed by atoms with Gasteiger partial charge >= 0.3 is 0 Å². The third-order valence-corrected chi connectivity index (χ3v) is 3.24. The van der Waals surface area contributed by atoms with Gasteiger partial charge in [0.25, 0.3) is 5.91 Å². The predicted octanol–water partition coefficient (Wildman–Crippen LogP) is 2.56. The Kier molecular flexibility index (Phi) is 3.83. The maximum atomic E-state index is 11.9. The molecular weight excluding hydrogens is 327 g/mol. The second kappa shape index (κ2) is 5.35. The number of amides is 1. The summed E-state index contributed by atoms with van der Waals surface area (Å²) in [5.41, 5.74) is 1.79. The molecule has 0 saturated heterocycles. The zero-order valence-electron chi connectivity index (χ0n) is 9.48. The number of aromatic nitrogens is 1. The maximum Gasteiger partial charge on any atom is 0.251 e. The predicted molar refractivity (Wildman–Crippen MR) is 75.7 cm³/mol. The lowest BCUT2D eigenvalue weighted by Crippen LogP contribution is -2.23. The molecule has 88 valence electrons. The lowest BCUT2D eigenvalue weighted by Gasteiger charge is -2.06. The fraction of sp³-hybridized carbons (Fsp3) is 0.154.